The number of ether oxygens (including phenoxy) is 2. The molecule has 0 N–H and O–H groups in total. The molecule has 1 aliphatic heterocycles. The largest absolute Gasteiger partial charge is 0.494 e. The number of hydrogen-bond acceptors (Lipinski definition) is 5. The van der Waals surface area contributed by atoms with Gasteiger partial charge in [-0.25, -0.2) is 0 Å². The number of aryl methyl sites for hydroxylation is 2. The van der Waals surface area contributed by atoms with E-state index in [0.717, 1.165) is 23.1 Å². The van der Waals surface area contributed by atoms with Gasteiger partial charge in [-0.3, -0.25) is 9.59 Å². The first-order valence-corrected chi connectivity index (χ1v) is 10.6. The molecule has 6 nitrogen and oxygen atoms in total. The van der Waals surface area contributed by atoms with Crippen LogP contribution in [0.3, 0.4) is 0 Å². The minimum atomic E-state index is -0.552. The van der Waals surface area contributed by atoms with Crippen molar-refractivity contribution < 1.29 is 18.7 Å². The van der Waals surface area contributed by atoms with Crippen LogP contribution >= 0.6 is 0 Å². The number of carbonyl (C=O) groups excluding carboxylic acids is 1. The van der Waals surface area contributed by atoms with E-state index in [2.05, 4.69) is 0 Å². The van der Waals surface area contributed by atoms with Crippen LogP contribution in [0.5, 0.6) is 5.75 Å². The van der Waals surface area contributed by atoms with Gasteiger partial charge in [-0.05, 0) is 55.2 Å². The zero-order chi connectivity index (χ0) is 22.1. The summed E-state index contributed by atoms with van der Waals surface area (Å²) in [4.78, 5) is 28.6. The highest BCUT2D eigenvalue weighted by atomic mass is 16.5. The first-order chi connectivity index (χ1) is 15.0. The highest BCUT2D eigenvalue weighted by Gasteiger charge is 2.42. The molecular formula is C25H27NO5. The maximum absolute atomic E-state index is 13.7. The van der Waals surface area contributed by atoms with E-state index in [-0.39, 0.29) is 17.1 Å². The Morgan fingerprint density at radius 1 is 1.10 bits per heavy atom. The number of nitrogens with zero attached hydrogens (tertiary/aromatic N) is 1. The number of fused-ring (bicyclic) bond motifs is 2. The van der Waals surface area contributed by atoms with Crippen molar-refractivity contribution in [2.24, 2.45) is 0 Å². The average Bonchev–Trinajstić information content (AvgIpc) is 3.02. The van der Waals surface area contributed by atoms with Crippen LogP contribution < -0.4 is 10.2 Å². The second kappa shape index (κ2) is 8.55. The zero-order valence-electron chi connectivity index (χ0n) is 18.4. The molecule has 0 spiro atoms. The van der Waals surface area contributed by atoms with Gasteiger partial charge < -0.3 is 18.8 Å². The predicted octanol–water partition coefficient (Wildman–Crippen LogP) is 4.39. The molecule has 162 valence electrons. The predicted molar refractivity (Wildman–Crippen MR) is 119 cm³/mol. The molecule has 3 aromatic rings. The molecule has 1 unspecified atom stereocenters. The van der Waals surface area contributed by atoms with Crippen molar-refractivity contribution in [3.05, 3.63) is 74.6 Å². The van der Waals surface area contributed by atoms with E-state index in [1.807, 2.05) is 57.2 Å². The molecule has 0 fully saturated rings. The highest BCUT2D eigenvalue weighted by molar-refractivity contribution is 5.99. The Kier molecular flexibility index (Phi) is 5.83. The molecule has 1 aliphatic rings. The first-order valence-electron chi connectivity index (χ1n) is 10.6. The Labute approximate surface area is 181 Å². The van der Waals surface area contributed by atoms with E-state index in [1.165, 1.54) is 0 Å². The standard InChI is InChI=1S/C25H27NO5/c1-5-10-30-18-8-6-7-17(14-18)22-21-23(27)20-16(3)12-15(2)13-19(20)31-24(21)25(28)26(22)9-11-29-4/h6-8,12-14,22H,5,9-11H2,1-4H3. The lowest BCUT2D eigenvalue weighted by Gasteiger charge is -2.25. The molecule has 6 heteroatoms. The van der Waals surface area contributed by atoms with Crippen LogP contribution in [0.25, 0.3) is 11.0 Å². The topological polar surface area (TPSA) is 69.0 Å². The third kappa shape index (κ3) is 3.72. The fourth-order valence-electron chi connectivity index (χ4n) is 4.27. The lowest BCUT2D eigenvalue weighted by Crippen LogP contribution is -2.32. The molecule has 0 radical (unpaired) electrons. The summed E-state index contributed by atoms with van der Waals surface area (Å²) in [6.07, 6.45) is 0.892. The van der Waals surface area contributed by atoms with Crippen molar-refractivity contribution in [1.82, 2.24) is 4.90 Å². The van der Waals surface area contributed by atoms with Crippen LogP contribution in [-0.4, -0.2) is 37.7 Å². The van der Waals surface area contributed by atoms with Gasteiger partial charge in [0, 0.05) is 13.7 Å². The van der Waals surface area contributed by atoms with Crippen molar-refractivity contribution >= 4 is 16.9 Å². The van der Waals surface area contributed by atoms with Crippen molar-refractivity contribution in [3.8, 4) is 5.75 Å². The summed E-state index contributed by atoms with van der Waals surface area (Å²) in [5.41, 5.74) is 3.30. The van der Waals surface area contributed by atoms with E-state index < -0.39 is 6.04 Å². The molecule has 0 bridgehead atoms. The summed E-state index contributed by atoms with van der Waals surface area (Å²) in [5, 5.41) is 0.522. The van der Waals surface area contributed by atoms with E-state index in [0.29, 0.717) is 42.0 Å². The molecule has 4 rings (SSSR count). The van der Waals surface area contributed by atoms with E-state index >= 15 is 0 Å². The van der Waals surface area contributed by atoms with Crippen molar-refractivity contribution in [3.63, 3.8) is 0 Å². The molecule has 0 saturated carbocycles. The number of benzene rings is 2. The van der Waals surface area contributed by atoms with E-state index in [4.69, 9.17) is 13.9 Å². The third-order valence-electron chi connectivity index (χ3n) is 5.60. The van der Waals surface area contributed by atoms with Gasteiger partial charge in [0.15, 0.2) is 5.43 Å². The minimum absolute atomic E-state index is 0.114. The molecule has 2 aromatic carbocycles. The Balaban J connectivity index is 1.93. The van der Waals surface area contributed by atoms with Gasteiger partial charge in [-0.15, -0.1) is 0 Å². The van der Waals surface area contributed by atoms with E-state index in [9.17, 15) is 9.59 Å². The zero-order valence-corrected chi connectivity index (χ0v) is 18.4. The van der Waals surface area contributed by atoms with Gasteiger partial charge in [0.05, 0.1) is 30.2 Å². The van der Waals surface area contributed by atoms with Gasteiger partial charge in [0.1, 0.15) is 11.3 Å². The molecular weight excluding hydrogens is 394 g/mol. The van der Waals surface area contributed by atoms with Gasteiger partial charge >= 0.3 is 0 Å². The van der Waals surface area contributed by atoms with Crippen LogP contribution in [0.4, 0.5) is 0 Å². The molecule has 1 atom stereocenters. The molecule has 31 heavy (non-hydrogen) atoms. The summed E-state index contributed by atoms with van der Waals surface area (Å²) in [6, 6.07) is 10.8. The molecule has 1 amide bonds. The van der Waals surface area contributed by atoms with Crippen molar-refractivity contribution in [2.75, 3.05) is 26.9 Å². The van der Waals surface area contributed by atoms with Gasteiger partial charge in [0.25, 0.3) is 5.91 Å². The third-order valence-corrected chi connectivity index (χ3v) is 5.60. The van der Waals surface area contributed by atoms with Crippen LogP contribution in [0.1, 0.15) is 52.2 Å². The minimum Gasteiger partial charge on any atom is -0.494 e. The van der Waals surface area contributed by atoms with Crippen LogP contribution in [0.15, 0.2) is 45.6 Å². The van der Waals surface area contributed by atoms with E-state index in [1.54, 1.807) is 12.0 Å². The summed E-state index contributed by atoms with van der Waals surface area (Å²) >= 11 is 0. The van der Waals surface area contributed by atoms with Gasteiger partial charge in [0.2, 0.25) is 5.76 Å². The summed E-state index contributed by atoms with van der Waals surface area (Å²) in [6.45, 7) is 7.18. The number of amides is 1. The monoisotopic (exact) mass is 421 g/mol. The number of carbonyl (C=O) groups is 1. The van der Waals surface area contributed by atoms with Crippen molar-refractivity contribution in [1.29, 1.82) is 0 Å². The average molecular weight is 421 g/mol. The van der Waals surface area contributed by atoms with Crippen LogP contribution in [-0.2, 0) is 4.74 Å². The summed E-state index contributed by atoms with van der Waals surface area (Å²) in [5.74, 6) is 0.530. The summed E-state index contributed by atoms with van der Waals surface area (Å²) in [7, 11) is 1.59. The Morgan fingerprint density at radius 2 is 1.90 bits per heavy atom. The second-order valence-corrected chi connectivity index (χ2v) is 7.94. The van der Waals surface area contributed by atoms with Gasteiger partial charge in [-0.2, -0.15) is 0 Å². The first kappa shape index (κ1) is 21.1. The van der Waals surface area contributed by atoms with Crippen LogP contribution in [0.2, 0.25) is 0 Å². The second-order valence-electron chi connectivity index (χ2n) is 7.94. The summed E-state index contributed by atoms with van der Waals surface area (Å²) < 4.78 is 17.1. The number of methoxy groups -OCH3 is 1. The number of hydrogen-bond donors (Lipinski definition) is 0. The maximum Gasteiger partial charge on any atom is 0.290 e. The lowest BCUT2D eigenvalue weighted by atomic mass is 9.96. The molecule has 0 saturated heterocycles. The fourth-order valence-corrected chi connectivity index (χ4v) is 4.27. The number of rotatable bonds is 7. The fraction of sp³-hybridized carbons (Fsp3) is 0.360. The maximum atomic E-state index is 13.7. The molecule has 2 heterocycles. The quantitative estimate of drug-likeness (QED) is 0.566. The van der Waals surface area contributed by atoms with Crippen molar-refractivity contribution in [2.45, 2.75) is 33.2 Å². The Bertz CT molecular complexity index is 1200. The molecule has 0 aliphatic carbocycles. The lowest BCUT2D eigenvalue weighted by molar-refractivity contribution is 0.0663. The molecule has 1 aromatic heterocycles. The highest BCUT2D eigenvalue weighted by Crippen LogP contribution is 2.39. The Hall–Kier alpha value is -3.12. The Morgan fingerprint density at radius 3 is 2.65 bits per heavy atom. The van der Waals surface area contributed by atoms with Crippen LogP contribution in [0, 0.1) is 13.8 Å². The smallest absolute Gasteiger partial charge is 0.290 e. The SMILES string of the molecule is CCCOc1cccc(C2c3c(oc4cc(C)cc(C)c4c3=O)C(=O)N2CCOC)c1. The normalized spacial score (nSPS) is 15.5. The van der Waals surface area contributed by atoms with Gasteiger partial charge in [-0.1, -0.05) is 25.1 Å².